The minimum absolute atomic E-state index is 0.0605. The molecule has 1 aromatic carbocycles. The Labute approximate surface area is 146 Å². The summed E-state index contributed by atoms with van der Waals surface area (Å²) in [4.78, 5) is 30.7. The van der Waals surface area contributed by atoms with Gasteiger partial charge in [0.25, 0.3) is 0 Å². The zero-order valence-corrected chi connectivity index (χ0v) is 14.4. The molecular weight excluding hydrogens is 318 g/mol. The first-order valence-corrected chi connectivity index (χ1v) is 8.27. The molecule has 2 amide bonds. The van der Waals surface area contributed by atoms with E-state index in [9.17, 15) is 9.59 Å². The van der Waals surface area contributed by atoms with Crippen LogP contribution in [0.1, 0.15) is 30.0 Å². The van der Waals surface area contributed by atoms with Gasteiger partial charge in [-0.2, -0.15) is 0 Å². The number of carbonyl (C=O) groups is 2. The van der Waals surface area contributed by atoms with E-state index in [-0.39, 0.29) is 11.9 Å². The molecule has 2 aromatic rings. The van der Waals surface area contributed by atoms with Crippen molar-refractivity contribution in [1.29, 1.82) is 0 Å². The van der Waals surface area contributed by atoms with E-state index >= 15 is 0 Å². The molecule has 6 heteroatoms. The van der Waals surface area contributed by atoms with E-state index in [1.807, 2.05) is 31.2 Å². The quantitative estimate of drug-likeness (QED) is 0.873. The second kappa shape index (κ2) is 7.34. The number of amides is 2. The summed E-state index contributed by atoms with van der Waals surface area (Å²) < 4.78 is 5.10. The number of aryl methyl sites for hydroxylation is 1. The zero-order chi connectivity index (χ0) is 17.8. The fourth-order valence-electron chi connectivity index (χ4n) is 3.10. The Morgan fingerprint density at radius 1 is 1.24 bits per heavy atom. The summed E-state index contributed by atoms with van der Waals surface area (Å²) in [6.07, 6.45) is 3.30. The Hall–Kier alpha value is -2.89. The molecule has 0 unspecified atom stereocenters. The van der Waals surface area contributed by atoms with Crippen LogP contribution < -0.4 is 10.1 Å². The number of rotatable bonds is 3. The maximum atomic E-state index is 12.7. The van der Waals surface area contributed by atoms with E-state index in [2.05, 4.69) is 10.3 Å². The molecule has 1 fully saturated rings. The Bertz CT molecular complexity index is 774. The highest BCUT2D eigenvalue weighted by atomic mass is 16.5. The molecule has 2 heterocycles. The number of methoxy groups -OCH3 is 1. The van der Waals surface area contributed by atoms with Crippen molar-refractivity contribution >= 4 is 17.5 Å². The normalized spacial score (nSPS) is 16.6. The summed E-state index contributed by atoms with van der Waals surface area (Å²) in [6, 6.07) is 11.4. The lowest BCUT2D eigenvalue weighted by Gasteiger charge is -2.24. The van der Waals surface area contributed by atoms with Crippen LogP contribution in [0, 0.1) is 6.92 Å². The molecule has 0 spiro atoms. The van der Waals surface area contributed by atoms with Crippen LogP contribution in [-0.4, -0.2) is 35.4 Å². The number of pyridine rings is 1. The van der Waals surface area contributed by atoms with Crippen molar-refractivity contribution < 1.29 is 14.3 Å². The number of hydrogen-bond donors (Lipinski definition) is 1. The molecule has 0 saturated carbocycles. The highest BCUT2D eigenvalue weighted by Crippen LogP contribution is 2.32. The number of carbonyl (C=O) groups excluding carboxylic acids is 2. The minimum atomic E-state index is -0.676. The number of benzene rings is 1. The molecule has 1 aliphatic rings. The first kappa shape index (κ1) is 17.0. The first-order chi connectivity index (χ1) is 12.1. The van der Waals surface area contributed by atoms with E-state index in [0.717, 1.165) is 18.4 Å². The molecule has 0 radical (unpaired) electrons. The lowest BCUT2D eigenvalue weighted by atomic mass is 10.0. The topological polar surface area (TPSA) is 71.5 Å². The molecule has 1 saturated heterocycles. The molecule has 25 heavy (non-hydrogen) atoms. The SMILES string of the molecule is COc1ncccc1NC(=O)C(=O)N1CCC[C@H]1c1ccc(C)cc1. The number of anilines is 1. The summed E-state index contributed by atoms with van der Waals surface area (Å²) in [5.74, 6) is -0.931. The van der Waals surface area contributed by atoms with Crippen LogP contribution in [0.3, 0.4) is 0 Å². The lowest BCUT2D eigenvalue weighted by molar-refractivity contribution is -0.143. The van der Waals surface area contributed by atoms with Crippen molar-refractivity contribution in [2.24, 2.45) is 0 Å². The molecule has 1 aliphatic heterocycles. The standard InChI is InChI=1S/C19H21N3O3/c1-13-7-9-14(10-8-13)16-6-4-12-22(16)19(24)17(23)21-15-5-3-11-20-18(15)25-2/h3,5,7-11,16H,4,6,12H2,1-2H3,(H,21,23)/t16-/m0/s1. The Kier molecular flexibility index (Phi) is 4.97. The van der Waals surface area contributed by atoms with Crippen molar-refractivity contribution in [3.63, 3.8) is 0 Å². The third-order valence-electron chi connectivity index (χ3n) is 4.38. The van der Waals surface area contributed by atoms with E-state index in [4.69, 9.17) is 4.74 Å². The third-order valence-corrected chi connectivity index (χ3v) is 4.38. The van der Waals surface area contributed by atoms with Gasteiger partial charge in [-0.15, -0.1) is 0 Å². The number of nitrogens with one attached hydrogen (secondary N) is 1. The van der Waals surface area contributed by atoms with Gasteiger partial charge in [0.15, 0.2) is 0 Å². The van der Waals surface area contributed by atoms with Crippen molar-refractivity contribution in [2.45, 2.75) is 25.8 Å². The van der Waals surface area contributed by atoms with Crippen molar-refractivity contribution in [2.75, 3.05) is 19.0 Å². The third kappa shape index (κ3) is 3.63. The van der Waals surface area contributed by atoms with E-state index in [0.29, 0.717) is 12.2 Å². The molecular formula is C19H21N3O3. The Morgan fingerprint density at radius 3 is 2.72 bits per heavy atom. The van der Waals surface area contributed by atoms with Crippen molar-refractivity contribution in [3.8, 4) is 5.88 Å². The number of nitrogens with zero attached hydrogens (tertiary/aromatic N) is 2. The van der Waals surface area contributed by atoms with Crippen LogP contribution in [0.2, 0.25) is 0 Å². The van der Waals surface area contributed by atoms with Gasteiger partial charge >= 0.3 is 11.8 Å². The fraction of sp³-hybridized carbons (Fsp3) is 0.316. The van der Waals surface area contributed by atoms with Crippen molar-refractivity contribution in [3.05, 3.63) is 53.7 Å². The summed E-state index contributed by atoms with van der Waals surface area (Å²) in [7, 11) is 1.47. The van der Waals surface area contributed by atoms with Crippen LogP contribution in [0.15, 0.2) is 42.6 Å². The molecule has 130 valence electrons. The van der Waals surface area contributed by atoms with Gasteiger partial charge in [0.2, 0.25) is 5.88 Å². The van der Waals surface area contributed by atoms with Crippen LogP contribution in [0.4, 0.5) is 5.69 Å². The molecule has 0 bridgehead atoms. The summed E-state index contributed by atoms with van der Waals surface area (Å²) >= 11 is 0. The van der Waals surface area contributed by atoms with Gasteiger partial charge < -0.3 is 15.0 Å². The molecule has 1 atom stereocenters. The van der Waals surface area contributed by atoms with Gasteiger partial charge in [0.05, 0.1) is 13.2 Å². The number of likely N-dealkylation sites (tertiary alicyclic amines) is 1. The van der Waals surface area contributed by atoms with Gasteiger partial charge in [0.1, 0.15) is 5.69 Å². The van der Waals surface area contributed by atoms with Gasteiger partial charge in [-0.25, -0.2) is 4.98 Å². The molecule has 1 N–H and O–H groups in total. The van der Waals surface area contributed by atoms with Gasteiger partial charge in [-0.1, -0.05) is 29.8 Å². The highest BCUT2D eigenvalue weighted by molar-refractivity contribution is 6.39. The second-order valence-electron chi connectivity index (χ2n) is 6.08. The minimum Gasteiger partial charge on any atom is -0.480 e. The second-order valence-corrected chi connectivity index (χ2v) is 6.08. The predicted molar refractivity (Wildman–Crippen MR) is 94.3 cm³/mol. The molecule has 3 rings (SSSR count). The van der Waals surface area contributed by atoms with Gasteiger partial charge in [-0.3, -0.25) is 9.59 Å². The highest BCUT2D eigenvalue weighted by Gasteiger charge is 2.33. The molecule has 0 aliphatic carbocycles. The van der Waals surface area contributed by atoms with E-state index in [1.165, 1.54) is 12.7 Å². The number of aromatic nitrogens is 1. The predicted octanol–water partition coefficient (Wildman–Crippen LogP) is 2.70. The summed E-state index contributed by atoms with van der Waals surface area (Å²) in [5.41, 5.74) is 2.61. The van der Waals surface area contributed by atoms with Gasteiger partial charge in [-0.05, 0) is 37.5 Å². The zero-order valence-electron chi connectivity index (χ0n) is 14.4. The maximum absolute atomic E-state index is 12.7. The number of hydrogen-bond acceptors (Lipinski definition) is 4. The van der Waals surface area contributed by atoms with Crippen LogP contribution in [-0.2, 0) is 9.59 Å². The van der Waals surface area contributed by atoms with E-state index in [1.54, 1.807) is 23.2 Å². The number of ether oxygens (including phenoxy) is 1. The lowest BCUT2D eigenvalue weighted by Crippen LogP contribution is -2.39. The molecule has 1 aromatic heterocycles. The smallest absolute Gasteiger partial charge is 0.314 e. The largest absolute Gasteiger partial charge is 0.480 e. The summed E-state index contributed by atoms with van der Waals surface area (Å²) in [6.45, 7) is 2.60. The average Bonchev–Trinajstić information content (AvgIpc) is 3.11. The maximum Gasteiger partial charge on any atom is 0.314 e. The van der Waals surface area contributed by atoms with Crippen LogP contribution in [0.5, 0.6) is 5.88 Å². The average molecular weight is 339 g/mol. The van der Waals surface area contributed by atoms with Crippen LogP contribution >= 0.6 is 0 Å². The monoisotopic (exact) mass is 339 g/mol. The van der Waals surface area contributed by atoms with Gasteiger partial charge in [0, 0.05) is 12.7 Å². The summed E-state index contributed by atoms with van der Waals surface area (Å²) in [5, 5.41) is 2.60. The Morgan fingerprint density at radius 2 is 2.00 bits per heavy atom. The van der Waals surface area contributed by atoms with E-state index < -0.39 is 11.8 Å². The Balaban J connectivity index is 1.74. The fourth-order valence-corrected chi connectivity index (χ4v) is 3.10. The van der Waals surface area contributed by atoms with Crippen molar-refractivity contribution in [1.82, 2.24) is 9.88 Å². The molecule has 6 nitrogen and oxygen atoms in total. The van der Waals surface area contributed by atoms with Crippen LogP contribution in [0.25, 0.3) is 0 Å². The first-order valence-electron chi connectivity index (χ1n) is 8.27.